The first-order valence-electron chi connectivity index (χ1n) is 17.7. The van der Waals surface area contributed by atoms with Gasteiger partial charge in [-0.05, 0) is 76.7 Å². The number of allylic oxidation sites excluding steroid dienone is 2. The molecule has 7 aromatic carbocycles. The van der Waals surface area contributed by atoms with Gasteiger partial charge in [-0.3, -0.25) is 0 Å². The van der Waals surface area contributed by atoms with Crippen molar-refractivity contribution in [2.75, 3.05) is 4.90 Å². The molecule has 0 saturated heterocycles. The largest absolute Gasteiger partial charge is 0.454 e. The van der Waals surface area contributed by atoms with E-state index in [-0.39, 0.29) is 6.04 Å². The molecule has 1 unspecified atom stereocenters. The Bertz CT molecular complexity index is 2890. The molecule has 0 fully saturated rings. The van der Waals surface area contributed by atoms with Crippen molar-refractivity contribution in [3.63, 3.8) is 0 Å². The monoisotopic (exact) mass is 652 g/mol. The zero-order valence-electron chi connectivity index (χ0n) is 27.8. The third-order valence-electron chi connectivity index (χ3n) is 10.9. The van der Waals surface area contributed by atoms with Crippen LogP contribution in [0.15, 0.2) is 180 Å². The standard InChI is InChI=1S/C48H32N2O/c1-3-14-31(15-4-1)35-28-29-43(48-47(35)39-20-9-12-25-45(39)51-48)50-40-22-10-7-18-36(40)37-27-26-32(30-44(37)50)34-21-13-24-42-46(34)38-19-8-11-23-41(38)49(42)33-16-5-2-6-17-33/h1-23,25-30,42H,24H2. The lowest BCUT2D eigenvalue weighted by molar-refractivity contribution is 0.666. The van der Waals surface area contributed by atoms with Gasteiger partial charge in [-0.2, -0.15) is 0 Å². The molecule has 3 nitrogen and oxygen atoms in total. The van der Waals surface area contributed by atoms with Gasteiger partial charge in [0.15, 0.2) is 5.58 Å². The van der Waals surface area contributed by atoms with Crippen molar-refractivity contribution in [3.05, 3.63) is 187 Å². The van der Waals surface area contributed by atoms with Crippen LogP contribution in [0.5, 0.6) is 0 Å². The number of para-hydroxylation sites is 4. The minimum atomic E-state index is 0.229. The normalized spacial score (nSPS) is 15.4. The summed E-state index contributed by atoms with van der Waals surface area (Å²) >= 11 is 0. The number of benzene rings is 7. The molecule has 1 aliphatic heterocycles. The van der Waals surface area contributed by atoms with Crippen LogP contribution >= 0.6 is 0 Å². The van der Waals surface area contributed by atoms with Crippen molar-refractivity contribution >= 4 is 66.3 Å². The predicted molar refractivity (Wildman–Crippen MR) is 213 cm³/mol. The molecule has 0 spiro atoms. The highest BCUT2D eigenvalue weighted by molar-refractivity contribution is 6.17. The van der Waals surface area contributed by atoms with Crippen molar-refractivity contribution in [2.45, 2.75) is 12.5 Å². The molecule has 0 radical (unpaired) electrons. The summed E-state index contributed by atoms with van der Waals surface area (Å²) in [5.74, 6) is 0. The van der Waals surface area contributed by atoms with Crippen molar-refractivity contribution < 1.29 is 4.42 Å². The smallest absolute Gasteiger partial charge is 0.160 e. The summed E-state index contributed by atoms with van der Waals surface area (Å²) in [5, 5.41) is 4.72. The molecule has 11 rings (SSSR count). The van der Waals surface area contributed by atoms with Crippen molar-refractivity contribution in [1.29, 1.82) is 0 Å². The van der Waals surface area contributed by atoms with Crippen LogP contribution in [0.1, 0.15) is 17.5 Å². The Morgan fingerprint density at radius 3 is 2.14 bits per heavy atom. The number of hydrogen-bond donors (Lipinski definition) is 0. The third kappa shape index (κ3) is 4.12. The fourth-order valence-corrected chi connectivity index (χ4v) is 8.75. The van der Waals surface area contributed by atoms with Gasteiger partial charge in [0.25, 0.3) is 0 Å². The maximum atomic E-state index is 6.82. The Kier molecular flexibility index (Phi) is 6.08. The summed E-state index contributed by atoms with van der Waals surface area (Å²) in [4.78, 5) is 2.52. The van der Waals surface area contributed by atoms with Crippen LogP contribution in [0.3, 0.4) is 0 Å². The van der Waals surface area contributed by atoms with E-state index < -0.39 is 0 Å². The summed E-state index contributed by atoms with van der Waals surface area (Å²) in [7, 11) is 0. The maximum Gasteiger partial charge on any atom is 0.160 e. The average Bonchev–Trinajstić information content (AvgIpc) is 3.86. The first-order chi connectivity index (χ1) is 25.3. The lowest BCUT2D eigenvalue weighted by Gasteiger charge is -2.30. The van der Waals surface area contributed by atoms with E-state index in [1.807, 2.05) is 0 Å². The first kappa shape index (κ1) is 28.3. The molecule has 3 heteroatoms. The van der Waals surface area contributed by atoms with Gasteiger partial charge in [-0.25, -0.2) is 0 Å². The van der Waals surface area contributed by atoms with Crippen molar-refractivity contribution in [3.8, 4) is 16.8 Å². The second-order valence-corrected chi connectivity index (χ2v) is 13.6. The minimum Gasteiger partial charge on any atom is -0.454 e. The highest BCUT2D eigenvalue weighted by atomic mass is 16.3. The summed E-state index contributed by atoms with van der Waals surface area (Å²) < 4.78 is 9.24. The van der Waals surface area contributed by atoms with Crippen molar-refractivity contribution in [2.24, 2.45) is 0 Å². The fourth-order valence-electron chi connectivity index (χ4n) is 8.75. The van der Waals surface area contributed by atoms with Crippen LogP contribution in [-0.2, 0) is 0 Å². The van der Waals surface area contributed by atoms with Gasteiger partial charge in [0.05, 0.1) is 22.8 Å². The topological polar surface area (TPSA) is 21.3 Å². The molecule has 2 aliphatic rings. The number of fused-ring (bicyclic) bond motifs is 9. The molecule has 0 amide bonds. The number of aromatic nitrogens is 1. The zero-order valence-corrected chi connectivity index (χ0v) is 27.8. The minimum absolute atomic E-state index is 0.229. The second kappa shape index (κ2) is 11.0. The number of nitrogens with zero attached hydrogens (tertiary/aromatic N) is 2. The summed E-state index contributed by atoms with van der Waals surface area (Å²) in [6.45, 7) is 0. The molecule has 1 aliphatic carbocycles. The Labute approximate surface area is 295 Å². The average molecular weight is 653 g/mol. The Balaban J connectivity index is 1.18. The Hall–Kier alpha value is -6.58. The third-order valence-corrected chi connectivity index (χ3v) is 10.9. The van der Waals surface area contributed by atoms with Gasteiger partial charge in [0.1, 0.15) is 5.58 Å². The SMILES string of the molecule is C1=CC(c2ccc3c4ccccc4n(-c4ccc(-c5ccccc5)c5c4oc4ccccc45)c3c2)=C2c3ccccc3N(c3ccccc3)C2C1. The van der Waals surface area contributed by atoms with E-state index in [2.05, 4.69) is 185 Å². The predicted octanol–water partition coefficient (Wildman–Crippen LogP) is 12.7. The van der Waals surface area contributed by atoms with Crippen LogP contribution < -0.4 is 4.90 Å². The second-order valence-electron chi connectivity index (χ2n) is 13.6. The fraction of sp³-hybridized carbons (Fsp3) is 0.0417. The molecule has 51 heavy (non-hydrogen) atoms. The van der Waals surface area contributed by atoms with Crippen LogP contribution in [0.25, 0.3) is 71.7 Å². The van der Waals surface area contributed by atoms with Crippen LogP contribution in [-0.4, -0.2) is 10.6 Å². The van der Waals surface area contributed by atoms with E-state index >= 15 is 0 Å². The molecule has 3 heterocycles. The van der Waals surface area contributed by atoms with Crippen LogP contribution in [0.2, 0.25) is 0 Å². The van der Waals surface area contributed by atoms with Crippen LogP contribution in [0.4, 0.5) is 11.4 Å². The highest BCUT2D eigenvalue weighted by Gasteiger charge is 2.37. The lowest BCUT2D eigenvalue weighted by atomic mass is 9.86. The summed E-state index contributed by atoms with van der Waals surface area (Å²) in [6.07, 6.45) is 5.66. The highest BCUT2D eigenvalue weighted by Crippen LogP contribution is 2.51. The molecular weight excluding hydrogens is 621 g/mol. The summed E-state index contributed by atoms with van der Waals surface area (Å²) in [5.41, 5.74) is 15.2. The molecule has 9 aromatic rings. The van der Waals surface area contributed by atoms with E-state index in [4.69, 9.17) is 4.42 Å². The van der Waals surface area contributed by atoms with E-state index in [1.54, 1.807) is 0 Å². The van der Waals surface area contributed by atoms with Crippen molar-refractivity contribution in [1.82, 2.24) is 4.57 Å². The van der Waals surface area contributed by atoms with Crippen LogP contribution in [0, 0.1) is 0 Å². The number of anilines is 2. The van der Waals surface area contributed by atoms with Gasteiger partial charge in [0, 0.05) is 38.5 Å². The zero-order chi connectivity index (χ0) is 33.5. The molecule has 2 aromatic heterocycles. The van der Waals surface area contributed by atoms with Gasteiger partial charge < -0.3 is 13.9 Å². The van der Waals surface area contributed by atoms with E-state index in [0.29, 0.717) is 0 Å². The molecule has 0 saturated carbocycles. The molecule has 1 atom stereocenters. The number of furan rings is 1. The van der Waals surface area contributed by atoms with Gasteiger partial charge >= 0.3 is 0 Å². The van der Waals surface area contributed by atoms with E-state index in [0.717, 1.165) is 45.1 Å². The molecule has 240 valence electrons. The maximum absolute atomic E-state index is 6.82. The summed E-state index contributed by atoms with van der Waals surface area (Å²) in [6, 6.07) is 59.3. The number of hydrogen-bond acceptors (Lipinski definition) is 2. The van der Waals surface area contributed by atoms with Gasteiger partial charge in [-0.1, -0.05) is 133 Å². The van der Waals surface area contributed by atoms with E-state index in [9.17, 15) is 0 Å². The van der Waals surface area contributed by atoms with Gasteiger partial charge in [-0.15, -0.1) is 0 Å². The molecular formula is C48H32N2O. The lowest BCUT2D eigenvalue weighted by Crippen LogP contribution is -2.27. The molecule has 0 bridgehead atoms. The Morgan fingerprint density at radius 2 is 1.25 bits per heavy atom. The van der Waals surface area contributed by atoms with E-state index in [1.165, 1.54) is 55.5 Å². The quantitative estimate of drug-likeness (QED) is 0.189. The first-order valence-corrected chi connectivity index (χ1v) is 17.7. The number of rotatable bonds is 4. The molecule has 0 N–H and O–H groups in total. The van der Waals surface area contributed by atoms with Gasteiger partial charge in [0.2, 0.25) is 0 Å². The Morgan fingerprint density at radius 1 is 0.529 bits per heavy atom.